The van der Waals surface area contributed by atoms with Crippen LogP contribution in [-0.4, -0.2) is 35.7 Å². The van der Waals surface area contributed by atoms with Gasteiger partial charge in [-0.3, -0.25) is 0 Å². The lowest BCUT2D eigenvalue weighted by molar-refractivity contribution is 0.0178. The first-order valence-electron chi connectivity index (χ1n) is 8.50. The van der Waals surface area contributed by atoms with E-state index in [1.807, 2.05) is 27.8 Å². The SMILES string of the molecule is CC(NC1CCC(N(C)C(=O)OC(C)(C)C)CC1)c1ccsc1. The quantitative estimate of drug-likeness (QED) is 0.874. The van der Waals surface area contributed by atoms with Crippen LogP contribution in [0.3, 0.4) is 0 Å². The first kappa shape index (κ1) is 18.3. The monoisotopic (exact) mass is 338 g/mol. The van der Waals surface area contributed by atoms with Gasteiger partial charge in [-0.1, -0.05) is 0 Å². The average Bonchev–Trinajstić information content (AvgIpc) is 3.00. The van der Waals surface area contributed by atoms with Crippen LogP contribution in [0.2, 0.25) is 0 Å². The number of nitrogens with one attached hydrogen (secondary N) is 1. The molecule has 23 heavy (non-hydrogen) atoms. The molecule has 1 aromatic rings. The molecule has 0 saturated heterocycles. The fraction of sp³-hybridized carbons (Fsp3) is 0.722. The fourth-order valence-electron chi connectivity index (χ4n) is 3.08. The lowest BCUT2D eigenvalue weighted by Gasteiger charge is -2.36. The van der Waals surface area contributed by atoms with Crippen LogP contribution in [0.5, 0.6) is 0 Å². The van der Waals surface area contributed by atoms with Gasteiger partial charge in [-0.05, 0) is 75.8 Å². The van der Waals surface area contributed by atoms with E-state index in [9.17, 15) is 4.79 Å². The third-order valence-electron chi connectivity index (χ3n) is 4.45. The first-order valence-corrected chi connectivity index (χ1v) is 9.44. The highest BCUT2D eigenvalue weighted by atomic mass is 32.1. The van der Waals surface area contributed by atoms with Crippen molar-refractivity contribution in [3.63, 3.8) is 0 Å². The number of hydrogen-bond acceptors (Lipinski definition) is 4. The van der Waals surface area contributed by atoms with E-state index in [1.54, 1.807) is 16.2 Å². The third-order valence-corrected chi connectivity index (χ3v) is 5.16. The van der Waals surface area contributed by atoms with Crippen molar-refractivity contribution in [3.8, 4) is 0 Å². The van der Waals surface area contributed by atoms with Crippen LogP contribution < -0.4 is 5.32 Å². The Hall–Kier alpha value is -1.07. The molecule has 0 aliphatic heterocycles. The molecule has 0 radical (unpaired) electrons. The van der Waals surface area contributed by atoms with Crippen LogP contribution in [0, 0.1) is 0 Å². The van der Waals surface area contributed by atoms with Gasteiger partial charge in [0.05, 0.1) is 0 Å². The second-order valence-electron chi connectivity index (χ2n) is 7.54. The number of amides is 1. The molecule has 1 saturated carbocycles. The van der Waals surface area contributed by atoms with Crippen molar-refractivity contribution in [1.29, 1.82) is 0 Å². The molecule has 1 amide bonds. The van der Waals surface area contributed by atoms with Crippen LogP contribution in [0.15, 0.2) is 16.8 Å². The summed E-state index contributed by atoms with van der Waals surface area (Å²) in [5, 5.41) is 8.05. The zero-order valence-electron chi connectivity index (χ0n) is 15.0. The summed E-state index contributed by atoms with van der Waals surface area (Å²) in [7, 11) is 1.86. The molecule has 1 heterocycles. The maximum absolute atomic E-state index is 12.2. The van der Waals surface area contributed by atoms with Gasteiger partial charge < -0.3 is 15.0 Å². The predicted molar refractivity (Wildman–Crippen MR) is 95.9 cm³/mol. The molecule has 130 valence electrons. The Kier molecular flexibility index (Phi) is 6.09. The van der Waals surface area contributed by atoms with E-state index < -0.39 is 5.60 Å². The highest BCUT2D eigenvalue weighted by molar-refractivity contribution is 7.07. The second-order valence-corrected chi connectivity index (χ2v) is 8.32. The molecule has 2 rings (SSSR count). The molecule has 1 unspecified atom stereocenters. The minimum atomic E-state index is -0.430. The molecule has 1 atom stereocenters. The van der Waals surface area contributed by atoms with Crippen molar-refractivity contribution < 1.29 is 9.53 Å². The van der Waals surface area contributed by atoms with Crippen molar-refractivity contribution in [1.82, 2.24) is 10.2 Å². The van der Waals surface area contributed by atoms with Crippen molar-refractivity contribution in [3.05, 3.63) is 22.4 Å². The van der Waals surface area contributed by atoms with Crippen LogP contribution in [-0.2, 0) is 4.74 Å². The van der Waals surface area contributed by atoms with Crippen molar-refractivity contribution >= 4 is 17.4 Å². The number of hydrogen-bond donors (Lipinski definition) is 1. The maximum Gasteiger partial charge on any atom is 0.410 e. The number of carbonyl (C=O) groups excluding carboxylic acids is 1. The summed E-state index contributed by atoms with van der Waals surface area (Å²) in [6.07, 6.45) is 4.06. The largest absolute Gasteiger partial charge is 0.444 e. The average molecular weight is 339 g/mol. The van der Waals surface area contributed by atoms with E-state index in [0.29, 0.717) is 18.1 Å². The molecule has 4 nitrogen and oxygen atoms in total. The van der Waals surface area contributed by atoms with Gasteiger partial charge in [0.1, 0.15) is 5.60 Å². The normalized spacial score (nSPS) is 23.3. The van der Waals surface area contributed by atoms with Gasteiger partial charge in [0.25, 0.3) is 0 Å². The molecule has 5 heteroatoms. The summed E-state index contributed by atoms with van der Waals surface area (Å²) < 4.78 is 5.47. The predicted octanol–water partition coefficient (Wildman–Crippen LogP) is 4.58. The molecular weight excluding hydrogens is 308 g/mol. The smallest absolute Gasteiger partial charge is 0.410 e. The van der Waals surface area contributed by atoms with Gasteiger partial charge >= 0.3 is 6.09 Å². The van der Waals surface area contributed by atoms with Crippen molar-refractivity contribution in [2.24, 2.45) is 0 Å². The molecule has 1 aliphatic rings. The molecule has 0 aromatic carbocycles. The van der Waals surface area contributed by atoms with Crippen LogP contribution >= 0.6 is 11.3 Å². The number of rotatable bonds is 4. The van der Waals surface area contributed by atoms with E-state index in [2.05, 4.69) is 29.1 Å². The Morgan fingerprint density at radius 1 is 1.35 bits per heavy atom. The zero-order valence-corrected chi connectivity index (χ0v) is 15.8. The topological polar surface area (TPSA) is 41.6 Å². The number of carbonyl (C=O) groups is 1. The molecule has 0 bridgehead atoms. The van der Waals surface area contributed by atoms with E-state index in [0.717, 1.165) is 25.7 Å². The first-order chi connectivity index (χ1) is 10.8. The maximum atomic E-state index is 12.2. The highest BCUT2D eigenvalue weighted by Gasteiger charge is 2.29. The van der Waals surface area contributed by atoms with Gasteiger partial charge in [-0.2, -0.15) is 11.3 Å². The van der Waals surface area contributed by atoms with Gasteiger partial charge in [-0.15, -0.1) is 0 Å². The summed E-state index contributed by atoms with van der Waals surface area (Å²) in [5.74, 6) is 0. The minimum absolute atomic E-state index is 0.208. The van der Waals surface area contributed by atoms with Crippen LogP contribution in [0.25, 0.3) is 0 Å². The Labute approximate surface area is 144 Å². The molecule has 0 spiro atoms. The van der Waals surface area contributed by atoms with E-state index in [4.69, 9.17) is 4.74 Å². The molecular formula is C18H30N2O2S. The van der Waals surface area contributed by atoms with Gasteiger partial charge in [0.2, 0.25) is 0 Å². The van der Waals surface area contributed by atoms with Crippen molar-refractivity contribution in [2.75, 3.05) is 7.05 Å². The van der Waals surface area contributed by atoms with E-state index >= 15 is 0 Å². The Bertz CT molecular complexity index is 488. The van der Waals surface area contributed by atoms with Crippen LogP contribution in [0.4, 0.5) is 4.79 Å². The fourth-order valence-corrected chi connectivity index (χ4v) is 3.84. The molecule has 1 N–H and O–H groups in total. The summed E-state index contributed by atoms with van der Waals surface area (Å²) >= 11 is 1.74. The standard InChI is InChI=1S/C18H30N2O2S/c1-13(14-10-11-23-12-14)19-15-6-8-16(9-7-15)20(5)17(21)22-18(2,3)4/h10-13,15-16,19H,6-9H2,1-5H3. The second kappa shape index (κ2) is 7.67. The Balaban J connectivity index is 1.78. The number of thiophene rings is 1. The van der Waals surface area contributed by atoms with E-state index in [-0.39, 0.29) is 6.09 Å². The zero-order chi connectivity index (χ0) is 17.0. The summed E-state index contributed by atoms with van der Waals surface area (Å²) in [5.41, 5.74) is 0.933. The lowest BCUT2D eigenvalue weighted by Crippen LogP contribution is -2.45. The molecule has 1 aromatic heterocycles. The molecule has 1 aliphatic carbocycles. The lowest BCUT2D eigenvalue weighted by atomic mass is 9.90. The number of nitrogens with zero attached hydrogens (tertiary/aromatic N) is 1. The van der Waals surface area contributed by atoms with Crippen LogP contribution in [0.1, 0.15) is 65.0 Å². The summed E-state index contributed by atoms with van der Waals surface area (Å²) in [6.45, 7) is 7.95. The summed E-state index contributed by atoms with van der Waals surface area (Å²) in [6, 6.07) is 3.41. The number of ether oxygens (including phenoxy) is 1. The van der Waals surface area contributed by atoms with Gasteiger partial charge in [0.15, 0.2) is 0 Å². The highest BCUT2D eigenvalue weighted by Crippen LogP contribution is 2.26. The Morgan fingerprint density at radius 2 is 2.00 bits per heavy atom. The van der Waals surface area contributed by atoms with Gasteiger partial charge in [-0.25, -0.2) is 4.79 Å². The molecule has 1 fully saturated rings. The van der Waals surface area contributed by atoms with Crippen molar-refractivity contribution in [2.45, 2.75) is 77.1 Å². The Morgan fingerprint density at radius 3 is 2.52 bits per heavy atom. The minimum Gasteiger partial charge on any atom is -0.444 e. The van der Waals surface area contributed by atoms with E-state index in [1.165, 1.54) is 5.56 Å². The third kappa shape index (κ3) is 5.50. The summed E-state index contributed by atoms with van der Waals surface area (Å²) in [4.78, 5) is 13.9. The van der Waals surface area contributed by atoms with Gasteiger partial charge in [0, 0.05) is 25.2 Å².